The van der Waals surface area contributed by atoms with Crippen LogP contribution >= 0.6 is 0 Å². The van der Waals surface area contributed by atoms with Crippen LogP contribution in [0.15, 0.2) is 34.5 Å². The Morgan fingerprint density at radius 3 is 2.34 bits per heavy atom. The second-order valence-corrected chi connectivity index (χ2v) is 9.94. The summed E-state index contributed by atoms with van der Waals surface area (Å²) in [5.41, 5.74) is 4.64. The lowest BCUT2D eigenvalue weighted by Crippen LogP contribution is -2.34. The van der Waals surface area contributed by atoms with Crippen molar-refractivity contribution in [3.05, 3.63) is 35.4 Å². The highest BCUT2D eigenvalue weighted by molar-refractivity contribution is 6.06. The van der Waals surface area contributed by atoms with Gasteiger partial charge in [0.15, 0.2) is 0 Å². The molecule has 0 radical (unpaired) electrons. The fourth-order valence-corrected chi connectivity index (χ4v) is 5.07. The number of Topliss-reactive ketones (excluding diaryl/α,β-unsaturated/α-hetero) is 1. The molecule has 2 aliphatic rings. The molecule has 0 bridgehead atoms. The molecule has 0 saturated heterocycles. The molecule has 1 aliphatic carbocycles. The van der Waals surface area contributed by atoms with Crippen LogP contribution in [0.5, 0.6) is 0 Å². The van der Waals surface area contributed by atoms with Gasteiger partial charge in [-0.3, -0.25) is 4.79 Å². The van der Waals surface area contributed by atoms with Crippen LogP contribution in [0.3, 0.4) is 0 Å². The summed E-state index contributed by atoms with van der Waals surface area (Å²) >= 11 is 0. The van der Waals surface area contributed by atoms with E-state index < -0.39 is 0 Å². The van der Waals surface area contributed by atoms with Crippen molar-refractivity contribution in [2.75, 3.05) is 0 Å². The third-order valence-electron chi connectivity index (χ3n) is 6.78. The van der Waals surface area contributed by atoms with E-state index in [1.807, 2.05) is 13.8 Å². The van der Waals surface area contributed by atoms with E-state index in [2.05, 4.69) is 55.2 Å². The maximum absolute atomic E-state index is 12.0. The van der Waals surface area contributed by atoms with E-state index in [1.54, 1.807) is 0 Å². The van der Waals surface area contributed by atoms with Crippen LogP contribution < -0.4 is 0 Å². The molecule has 0 N–H and O–H groups in total. The van der Waals surface area contributed by atoms with Crippen molar-refractivity contribution in [1.82, 2.24) is 0 Å². The highest BCUT2D eigenvalue weighted by atomic mass is 16.1. The first kappa shape index (κ1) is 21.9. The summed E-state index contributed by atoms with van der Waals surface area (Å²) in [5, 5.41) is 9.24. The van der Waals surface area contributed by atoms with Crippen LogP contribution in [0.1, 0.15) is 84.3 Å². The number of ketones is 1. The number of carbonyl (C=O) groups is 1. The van der Waals surface area contributed by atoms with Gasteiger partial charge in [0, 0.05) is 29.9 Å². The van der Waals surface area contributed by atoms with Gasteiger partial charge in [-0.1, -0.05) is 64.8 Å². The van der Waals surface area contributed by atoms with Gasteiger partial charge in [0.25, 0.3) is 0 Å². The lowest BCUT2D eigenvalue weighted by molar-refractivity contribution is -0.121. The highest BCUT2D eigenvalue weighted by Crippen LogP contribution is 2.37. The van der Waals surface area contributed by atoms with E-state index in [1.165, 1.54) is 49.8 Å². The van der Waals surface area contributed by atoms with Crippen molar-refractivity contribution < 1.29 is 4.79 Å². The Balaban J connectivity index is 1.74. The second-order valence-electron chi connectivity index (χ2n) is 9.94. The lowest BCUT2D eigenvalue weighted by Gasteiger charge is -2.34. The number of benzene rings is 1. The van der Waals surface area contributed by atoms with Crippen molar-refractivity contribution in [2.45, 2.75) is 79.6 Å². The summed E-state index contributed by atoms with van der Waals surface area (Å²) < 4.78 is 0. The molecule has 3 nitrogen and oxygen atoms in total. The topological polar surface area (TPSA) is 41.8 Å². The van der Waals surface area contributed by atoms with Gasteiger partial charge in [0.2, 0.25) is 0 Å². The van der Waals surface area contributed by atoms with Gasteiger partial charge < -0.3 is 0 Å². The van der Waals surface area contributed by atoms with Gasteiger partial charge in [0.1, 0.15) is 5.78 Å². The molecular weight excluding hydrogens is 356 g/mol. The molecule has 1 saturated carbocycles. The predicted octanol–water partition coefficient (Wildman–Crippen LogP) is 6.49. The van der Waals surface area contributed by atoms with Crippen molar-refractivity contribution >= 4 is 17.2 Å². The summed E-state index contributed by atoms with van der Waals surface area (Å²) in [5.74, 6) is 3.04. The summed E-state index contributed by atoms with van der Waals surface area (Å²) in [4.78, 5) is 12.0. The molecule has 0 spiro atoms. The van der Waals surface area contributed by atoms with Crippen LogP contribution in [0.2, 0.25) is 0 Å². The van der Waals surface area contributed by atoms with E-state index >= 15 is 0 Å². The first-order chi connectivity index (χ1) is 13.8. The van der Waals surface area contributed by atoms with Gasteiger partial charge in [-0.15, -0.1) is 0 Å². The first-order valence-corrected chi connectivity index (χ1v) is 11.6. The molecular formula is C26H38N2O. The Kier molecular flexibility index (Phi) is 7.43. The molecule has 3 rings (SSSR count). The third kappa shape index (κ3) is 5.65. The fraction of sp³-hybridized carbons (Fsp3) is 0.654. The number of hydrogen-bond donors (Lipinski definition) is 0. The lowest BCUT2D eigenvalue weighted by atomic mass is 9.72. The average Bonchev–Trinajstić information content (AvgIpc) is 2.65. The Bertz CT molecular complexity index is 757. The summed E-state index contributed by atoms with van der Waals surface area (Å²) in [7, 11) is 0. The third-order valence-corrected chi connectivity index (χ3v) is 6.78. The van der Waals surface area contributed by atoms with Crippen molar-refractivity contribution in [1.29, 1.82) is 0 Å². The van der Waals surface area contributed by atoms with Gasteiger partial charge in [-0.25, -0.2) is 0 Å². The molecule has 0 amide bonds. The van der Waals surface area contributed by atoms with Crippen molar-refractivity contribution in [2.24, 2.45) is 39.8 Å². The SMILES string of the molecule is CC1=NN=C(c2ccc(CC(=O)C(C)C)cc2)C2CCCC(CC(C)C)CCC12. The first-order valence-electron chi connectivity index (χ1n) is 11.6. The Morgan fingerprint density at radius 1 is 0.966 bits per heavy atom. The molecule has 1 fully saturated rings. The number of fused-ring (bicyclic) bond motifs is 1. The molecule has 1 aromatic rings. The summed E-state index contributed by atoms with van der Waals surface area (Å²) in [6, 6.07) is 8.49. The number of carbonyl (C=O) groups excluding carboxylic acids is 1. The smallest absolute Gasteiger partial charge is 0.139 e. The molecule has 1 aromatic carbocycles. The quantitative estimate of drug-likeness (QED) is 0.543. The molecule has 3 atom stereocenters. The van der Waals surface area contributed by atoms with E-state index in [0.29, 0.717) is 24.0 Å². The van der Waals surface area contributed by atoms with E-state index in [0.717, 1.165) is 23.1 Å². The second kappa shape index (κ2) is 9.82. The predicted molar refractivity (Wildman–Crippen MR) is 123 cm³/mol. The maximum Gasteiger partial charge on any atom is 0.139 e. The Labute approximate surface area is 177 Å². The minimum absolute atomic E-state index is 0.0879. The largest absolute Gasteiger partial charge is 0.299 e. The molecule has 3 unspecified atom stereocenters. The van der Waals surface area contributed by atoms with E-state index in [-0.39, 0.29) is 5.92 Å². The van der Waals surface area contributed by atoms with Crippen LogP contribution in [-0.2, 0) is 11.2 Å². The molecule has 1 heterocycles. The van der Waals surface area contributed by atoms with Gasteiger partial charge in [-0.2, -0.15) is 10.2 Å². The summed E-state index contributed by atoms with van der Waals surface area (Å²) in [6.45, 7) is 10.8. The molecule has 29 heavy (non-hydrogen) atoms. The van der Waals surface area contributed by atoms with Crippen LogP contribution in [0.25, 0.3) is 0 Å². The number of rotatable bonds is 6. The van der Waals surface area contributed by atoms with Crippen molar-refractivity contribution in [3.8, 4) is 0 Å². The minimum atomic E-state index is 0.0879. The molecule has 0 aromatic heterocycles. The van der Waals surface area contributed by atoms with Gasteiger partial charge in [-0.05, 0) is 55.6 Å². The summed E-state index contributed by atoms with van der Waals surface area (Å²) in [6.07, 6.45) is 8.26. The Hall–Kier alpha value is -1.77. The zero-order valence-electron chi connectivity index (χ0n) is 18.9. The zero-order valence-corrected chi connectivity index (χ0v) is 18.9. The zero-order chi connectivity index (χ0) is 21.0. The fourth-order valence-electron chi connectivity index (χ4n) is 5.07. The molecule has 158 valence electrons. The maximum atomic E-state index is 12.0. The Morgan fingerprint density at radius 2 is 1.69 bits per heavy atom. The van der Waals surface area contributed by atoms with E-state index in [4.69, 9.17) is 0 Å². The van der Waals surface area contributed by atoms with Crippen LogP contribution in [0.4, 0.5) is 0 Å². The number of nitrogens with zero attached hydrogens (tertiary/aromatic N) is 2. The standard InChI is InChI=1S/C26H38N2O/c1-17(2)15-20-7-6-8-24-23(14-11-20)19(5)27-28-26(24)22-12-9-21(10-13-22)16-25(29)18(3)4/h9-10,12-13,17-18,20,23-24H,6-8,11,14-16H2,1-5H3. The van der Waals surface area contributed by atoms with Crippen molar-refractivity contribution in [3.63, 3.8) is 0 Å². The number of hydrogen-bond acceptors (Lipinski definition) is 3. The highest BCUT2D eigenvalue weighted by Gasteiger charge is 2.34. The van der Waals surface area contributed by atoms with Crippen LogP contribution in [-0.4, -0.2) is 17.2 Å². The average molecular weight is 395 g/mol. The van der Waals surface area contributed by atoms with Gasteiger partial charge >= 0.3 is 0 Å². The molecule has 1 aliphatic heterocycles. The van der Waals surface area contributed by atoms with E-state index in [9.17, 15) is 4.79 Å². The van der Waals surface area contributed by atoms with Crippen LogP contribution in [0, 0.1) is 29.6 Å². The normalized spacial score (nSPS) is 25.1. The monoisotopic (exact) mass is 394 g/mol. The van der Waals surface area contributed by atoms with Gasteiger partial charge in [0.05, 0.1) is 5.71 Å². The minimum Gasteiger partial charge on any atom is -0.299 e. The molecule has 3 heteroatoms.